The third kappa shape index (κ3) is 5.10. The number of nitrogens with zero attached hydrogens (tertiary/aromatic N) is 5. The zero-order chi connectivity index (χ0) is 28.4. The lowest BCUT2D eigenvalue weighted by Crippen LogP contribution is -2.38. The molecule has 3 aromatic heterocycles. The summed E-state index contributed by atoms with van der Waals surface area (Å²) in [6, 6.07) is 15.0. The van der Waals surface area contributed by atoms with Gasteiger partial charge in [-0.3, -0.25) is 19.1 Å². The maximum atomic E-state index is 13.9. The molecule has 200 valence electrons. The van der Waals surface area contributed by atoms with Gasteiger partial charge in [-0.25, -0.2) is 9.37 Å². The van der Waals surface area contributed by atoms with E-state index in [0.29, 0.717) is 22.4 Å². The van der Waals surface area contributed by atoms with Crippen molar-refractivity contribution in [3.05, 3.63) is 106 Å². The molecule has 2 aromatic carbocycles. The van der Waals surface area contributed by atoms with Gasteiger partial charge in [-0.1, -0.05) is 12.1 Å². The summed E-state index contributed by atoms with van der Waals surface area (Å²) in [5.41, 5.74) is 4.25. The van der Waals surface area contributed by atoms with Crippen LogP contribution in [-0.2, 0) is 11.3 Å². The number of halogens is 1. The topological polar surface area (TPSA) is 118 Å². The van der Waals surface area contributed by atoms with Gasteiger partial charge < -0.3 is 15.2 Å². The maximum Gasteiger partial charge on any atom is 0.294 e. The highest BCUT2D eigenvalue weighted by Gasteiger charge is 2.18. The number of aryl methyl sites for hydroxylation is 1. The van der Waals surface area contributed by atoms with Crippen LogP contribution in [0, 0.1) is 24.1 Å². The number of carbonyl (C=O) groups is 1. The highest BCUT2D eigenvalue weighted by Crippen LogP contribution is 2.26. The molecule has 5 aromatic rings. The number of likely N-dealkylation sites (N-methyl/N-ethyl adjacent to an activating group) is 1. The fourth-order valence-electron chi connectivity index (χ4n) is 4.52. The maximum absolute atomic E-state index is 13.9. The minimum Gasteiger partial charge on any atom is -0.315 e. The Balaban J connectivity index is 1.60. The van der Waals surface area contributed by atoms with Crippen molar-refractivity contribution in [1.29, 1.82) is 5.26 Å². The van der Waals surface area contributed by atoms with Crippen molar-refractivity contribution in [3.63, 3.8) is 0 Å². The van der Waals surface area contributed by atoms with E-state index in [2.05, 4.69) is 26.7 Å². The van der Waals surface area contributed by atoms with Crippen LogP contribution in [0.3, 0.4) is 0 Å². The van der Waals surface area contributed by atoms with Crippen molar-refractivity contribution >= 4 is 22.6 Å². The second kappa shape index (κ2) is 10.9. The molecule has 0 bridgehead atoms. The van der Waals surface area contributed by atoms with E-state index in [0.717, 1.165) is 22.2 Å². The van der Waals surface area contributed by atoms with E-state index < -0.39 is 17.5 Å². The van der Waals surface area contributed by atoms with Gasteiger partial charge in [0.25, 0.3) is 5.56 Å². The smallest absolute Gasteiger partial charge is 0.294 e. The largest absolute Gasteiger partial charge is 0.315 e. The number of amides is 1. The van der Waals surface area contributed by atoms with E-state index in [9.17, 15) is 19.2 Å². The fourth-order valence-corrected chi connectivity index (χ4v) is 4.52. The fraction of sp³-hybridized carbons (Fsp3) is 0.167. The van der Waals surface area contributed by atoms with Crippen molar-refractivity contribution in [2.45, 2.75) is 26.4 Å². The number of carbonyl (C=O) groups excluding carboxylic acids is 1. The molecule has 0 saturated carbocycles. The molecule has 2 N–H and O–H groups in total. The number of rotatable bonds is 7. The lowest BCUT2D eigenvalue weighted by atomic mass is 10.1. The van der Waals surface area contributed by atoms with Gasteiger partial charge in [0.1, 0.15) is 5.82 Å². The molecule has 3 heterocycles. The van der Waals surface area contributed by atoms with Crippen molar-refractivity contribution < 1.29 is 9.18 Å². The molecule has 0 aliphatic rings. The van der Waals surface area contributed by atoms with Gasteiger partial charge in [-0.15, -0.1) is 0 Å². The van der Waals surface area contributed by atoms with Gasteiger partial charge in [0.2, 0.25) is 5.91 Å². The minimum absolute atomic E-state index is 0.106. The standard InChI is InChI=1S/C30H26FN7O2/c1-18-16-37(26-8-7-23(31)11-25(18)26)24-10-21(13-34-14-24)17-38-27(22-6-4-5-20(9-22)12-32)15-35-28(30(38)40)36-29(39)19(2)33-3/h4-11,13-16,19,33H,17H2,1-3H3,(H,35,36,39)/t19-/m0/s1. The molecular formula is C30H26FN7O2. The van der Waals surface area contributed by atoms with E-state index >= 15 is 0 Å². The van der Waals surface area contributed by atoms with Crippen LogP contribution in [0.1, 0.15) is 23.6 Å². The summed E-state index contributed by atoms with van der Waals surface area (Å²) >= 11 is 0. The van der Waals surface area contributed by atoms with E-state index in [4.69, 9.17) is 0 Å². The number of pyridine rings is 1. The van der Waals surface area contributed by atoms with Gasteiger partial charge in [-0.05, 0) is 68.4 Å². The first-order valence-corrected chi connectivity index (χ1v) is 12.6. The van der Waals surface area contributed by atoms with Crippen LogP contribution in [-0.4, -0.2) is 38.1 Å². The van der Waals surface area contributed by atoms with Crippen molar-refractivity contribution in [1.82, 2.24) is 24.4 Å². The van der Waals surface area contributed by atoms with Crippen LogP contribution >= 0.6 is 0 Å². The summed E-state index contributed by atoms with van der Waals surface area (Å²) in [7, 11) is 1.65. The molecule has 0 aliphatic carbocycles. The molecule has 0 saturated heterocycles. The Morgan fingerprint density at radius 3 is 2.75 bits per heavy atom. The number of nitriles is 1. The van der Waals surface area contributed by atoms with Crippen molar-refractivity contribution in [2.24, 2.45) is 0 Å². The van der Waals surface area contributed by atoms with Crippen LogP contribution < -0.4 is 16.2 Å². The lowest BCUT2D eigenvalue weighted by molar-refractivity contribution is -0.117. The molecule has 0 fully saturated rings. The summed E-state index contributed by atoms with van der Waals surface area (Å²) in [6.45, 7) is 3.71. The Kier molecular flexibility index (Phi) is 7.23. The van der Waals surface area contributed by atoms with Gasteiger partial charge in [0.15, 0.2) is 5.82 Å². The van der Waals surface area contributed by atoms with E-state index in [-0.39, 0.29) is 18.2 Å². The predicted octanol–water partition coefficient (Wildman–Crippen LogP) is 4.16. The number of benzene rings is 2. The van der Waals surface area contributed by atoms with Crippen LogP contribution in [0.15, 0.2) is 78.1 Å². The zero-order valence-electron chi connectivity index (χ0n) is 22.1. The Labute approximate surface area is 229 Å². The van der Waals surface area contributed by atoms with Crippen LogP contribution in [0.5, 0.6) is 0 Å². The molecule has 0 spiro atoms. The van der Waals surface area contributed by atoms with Crippen molar-refractivity contribution in [3.8, 4) is 23.0 Å². The average molecular weight is 536 g/mol. The number of hydrogen-bond donors (Lipinski definition) is 2. The Bertz CT molecular complexity index is 1850. The number of aromatic nitrogens is 4. The molecule has 0 unspecified atom stereocenters. The normalized spacial score (nSPS) is 11.8. The quantitative estimate of drug-likeness (QED) is 0.323. The number of nitrogens with one attached hydrogen (secondary N) is 2. The minimum atomic E-state index is -0.532. The van der Waals surface area contributed by atoms with Crippen LogP contribution in [0.25, 0.3) is 27.8 Å². The summed E-state index contributed by atoms with van der Waals surface area (Å²) in [5, 5.41) is 15.6. The third-order valence-electron chi connectivity index (χ3n) is 6.77. The Morgan fingerprint density at radius 2 is 1.98 bits per heavy atom. The second-order valence-electron chi connectivity index (χ2n) is 9.47. The molecule has 40 heavy (non-hydrogen) atoms. The number of hydrogen-bond acceptors (Lipinski definition) is 6. The monoisotopic (exact) mass is 535 g/mol. The first kappa shape index (κ1) is 26.5. The summed E-state index contributed by atoms with van der Waals surface area (Å²) in [6.07, 6.45) is 6.78. The molecule has 10 heteroatoms. The highest BCUT2D eigenvalue weighted by atomic mass is 19.1. The van der Waals surface area contributed by atoms with E-state index in [1.807, 2.05) is 23.8 Å². The molecule has 1 atom stereocenters. The molecule has 9 nitrogen and oxygen atoms in total. The van der Waals surface area contributed by atoms with E-state index in [1.54, 1.807) is 56.7 Å². The highest BCUT2D eigenvalue weighted by molar-refractivity contribution is 5.93. The number of anilines is 1. The summed E-state index contributed by atoms with van der Waals surface area (Å²) in [4.78, 5) is 34.8. The predicted molar refractivity (Wildman–Crippen MR) is 151 cm³/mol. The Morgan fingerprint density at radius 1 is 1.15 bits per heavy atom. The molecule has 5 rings (SSSR count). The van der Waals surface area contributed by atoms with Crippen LogP contribution in [0.4, 0.5) is 10.2 Å². The summed E-state index contributed by atoms with van der Waals surface area (Å²) < 4.78 is 17.3. The Hall–Kier alpha value is -5.14. The molecular weight excluding hydrogens is 509 g/mol. The molecule has 1 amide bonds. The van der Waals surface area contributed by atoms with Gasteiger partial charge in [-0.2, -0.15) is 5.26 Å². The first-order valence-electron chi connectivity index (χ1n) is 12.6. The van der Waals surface area contributed by atoms with E-state index in [1.165, 1.54) is 22.9 Å². The first-order chi connectivity index (χ1) is 19.3. The summed E-state index contributed by atoms with van der Waals surface area (Å²) in [5.74, 6) is -0.810. The van der Waals surface area contributed by atoms with Crippen molar-refractivity contribution in [2.75, 3.05) is 12.4 Å². The average Bonchev–Trinajstić information content (AvgIpc) is 3.30. The van der Waals surface area contributed by atoms with Crippen LogP contribution in [0.2, 0.25) is 0 Å². The van der Waals surface area contributed by atoms with Gasteiger partial charge in [0, 0.05) is 23.3 Å². The van der Waals surface area contributed by atoms with Gasteiger partial charge in [0.05, 0.1) is 53.5 Å². The molecule has 0 aliphatic heterocycles. The van der Waals surface area contributed by atoms with Gasteiger partial charge >= 0.3 is 0 Å². The zero-order valence-corrected chi connectivity index (χ0v) is 22.1. The second-order valence-corrected chi connectivity index (χ2v) is 9.47. The third-order valence-corrected chi connectivity index (χ3v) is 6.77. The SMILES string of the molecule is CN[C@@H](C)C(=O)Nc1ncc(-c2cccc(C#N)c2)n(Cc2cncc(-n3cc(C)c4cc(F)ccc43)c2)c1=O. The molecule has 0 radical (unpaired) electrons. The lowest BCUT2D eigenvalue weighted by Gasteiger charge is -2.16. The number of fused-ring (bicyclic) bond motifs is 1.